The minimum Gasteiger partial charge on any atom is -0.344 e. The topological polar surface area (TPSA) is 70.6 Å². The van der Waals surface area contributed by atoms with E-state index in [1.54, 1.807) is 55.5 Å². The molecule has 128 valence electrons. The molecule has 1 aromatic heterocycles. The van der Waals surface area contributed by atoms with Crippen LogP contribution in [-0.2, 0) is 11.2 Å². The van der Waals surface area contributed by atoms with Crippen molar-refractivity contribution in [1.29, 1.82) is 0 Å². The molecule has 3 amide bonds. The van der Waals surface area contributed by atoms with E-state index in [-0.39, 0.29) is 5.91 Å². The lowest BCUT2D eigenvalue weighted by Gasteiger charge is -2.26. The Morgan fingerprint density at radius 3 is 2.20 bits per heavy atom. The Morgan fingerprint density at radius 2 is 1.64 bits per heavy atom. The molecule has 0 aliphatic carbocycles. The molecule has 1 aliphatic rings. The van der Waals surface area contributed by atoms with E-state index in [9.17, 15) is 14.4 Å². The number of aromatic nitrogens is 1. The normalized spacial score (nSPS) is 14.4. The van der Waals surface area contributed by atoms with Crippen molar-refractivity contribution in [3.63, 3.8) is 0 Å². The molecule has 1 unspecified atom stereocenters. The Bertz CT molecular complexity index is 785. The quantitative estimate of drug-likeness (QED) is 0.780. The molecule has 1 aliphatic heterocycles. The molecule has 6 nitrogen and oxygen atoms in total. The van der Waals surface area contributed by atoms with Crippen molar-refractivity contribution in [3.8, 4) is 0 Å². The van der Waals surface area contributed by atoms with Crippen molar-refractivity contribution in [2.45, 2.75) is 19.4 Å². The standard InChI is InChI=1S/C19H19N3O3/c1-13(17(23)21(2)12-9-14-7-10-20-11-8-14)22-18(24)15-5-3-4-6-16(15)19(22)25/h3-8,10-11,13H,9,12H2,1-2H3. The van der Waals surface area contributed by atoms with Crippen molar-refractivity contribution in [3.05, 3.63) is 65.5 Å². The Labute approximate surface area is 146 Å². The van der Waals surface area contributed by atoms with Crippen LogP contribution in [0.25, 0.3) is 0 Å². The van der Waals surface area contributed by atoms with E-state index in [4.69, 9.17) is 0 Å². The van der Waals surface area contributed by atoms with Crippen molar-refractivity contribution < 1.29 is 14.4 Å². The fraction of sp³-hybridized carbons (Fsp3) is 0.263. The van der Waals surface area contributed by atoms with E-state index in [1.807, 2.05) is 12.1 Å². The van der Waals surface area contributed by atoms with Crippen molar-refractivity contribution >= 4 is 17.7 Å². The van der Waals surface area contributed by atoms with Gasteiger partial charge in [0.2, 0.25) is 5.91 Å². The molecule has 25 heavy (non-hydrogen) atoms. The van der Waals surface area contributed by atoms with E-state index in [0.29, 0.717) is 24.1 Å². The predicted octanol–water partition coefficient (Wildman–Crippen LogP) is 1.77. The minimum absolute atomic E-state index is 0.261. The number of benzene rings is 1. The summed E-state index contributed by atoms with van der Waals surface area (Å²) in [6.45, 7) is 2.09. The van der Waals surface area contributed by atoms with E-state index in [1.165, 1.54) is 0 Å². The van der Waals surface area contributed by atoms with Crippen LogP contribution in [0.1, 0.15) is 33.2 Å². The van der Waals surface area contributed by atoms with Crippen molar-refractivity contribution in [2.75, 3.05) is 13.6 Å². The number of nitrogens with zero attached hydrogens (tertiary/aromatic N) is 3. The molecule has 6 heteroatoms. The molecule has 1 aromatic carbocycles. The first-order valence-corrected chi connectivity index (χ1v) is 8.11. The SMILES string of the molecule is CC(C(=O)N(C)CCc1ccncc1)N1C(=O)c2ccccc2C1=O. The Hall–Kier alpha value is -3.02. The third-order valence-corrected chi connectivity index (χ3v) is 4.43. The average molecular weight is 337 g/mol. The Balaban J connectivity index is 1.68. The first-order chi connectivity index (χ1) is 12.0. The van der Waals surface area contributed by atoms with Gasteiger partial charge in [-0.2, -0.15) is 0 Å². The molecule has 1 atom stereocenters. The number of likely N-dealkylation sites (N-methyl/N-ethyl adjacent to an activating group) is 1. The Morgan fingerprint density at radius 1 is 1.08 bits per heavy atom. The van der Waals surface area contributed by atoms with Crippen molar-refractivity contribution in [1.82, 2.24) is 14.8 Å². The highest BCUT2D eigenvalue weighted by molar-refractivity contribution is 6.22. The summed E-state index contributed by atoms with van der Waals surface area (Å²) in [6, 6.07) is 9.59. The van der Waals surface area contributed by atoms with Crippen LogP contribution in [0.2, 0.25) is 0 Å². The summed E-state index contributed by atoms with van der Waals surface area (Å²) in [5.74, 6) is -1.09. The van der Waals surface area contributed by atoms with Gasteiger partial charge in [0, 0.05) is 26.0 Å². The molecule has 0 radical (unpaired) electrons. The van der Waals surface area contributed by atoms with Gasteiger partial charge in [-0.15, -0.1) is 0 Å². The van der Waals surface area contributed by atoms with Gasteiger partial charge >= 0.3 is 0 Å². The number of hydrogen-bond acceptors (Lipinski definition) is 4. The smallest absolute Gasteiger partial charge is 0.262 e. The van der Waals surface area contributed by atoms with E-state index in [2.05, 4.69) is 4.98 Å². The molecular formula is C19H19N3O3. The van der Waals surface area contributed by atoms with E-state index in [0.717, 1.165) is 10.5 Å². The largest absolute Gasteiger partial charge is 0.344 e. The van der Waals surface area contributed by atoms with Crippen LogP contribution in [0, 0.1) is 0 Å². The van der Waals surface area contributed by atoms with Gasteiger partial charge in [-0.25, -0.2) is 0 Å². The van der Waals surface area contributed by atoms with E-state index < -0.39 is 17.9 Å². The minimum atomic E-state index is -0.838. The molecule has 0 fully saturated rings. The Kier molecular flexibility index (Phi) is 4.61. The summed E-state index contributed by atoms with van der Waals surface area (Å²) in [5.41, 5.74) is 1.78. The molecule has 0 bridgehead atoms. The van der Waals surface area contributed by atoms with Gasteiger partial charge in [-0.3, -0.25) is 24.3 Å². The summed E-state index contributed by atoms with van der Waals surface area (Å²) < 4.78 is 0. The lowest BCUT2D eigenvalue weighted by Crippen LogP contribution is -2.48. The summed E-state index contributed by atoms with van der Waals surface area (Å²) in [7, 11) is 1.68. The molecular weight excluding hydrogens is 318 g/mol. The third-order valence-electron chi connectivity index (χ3n) is 4.43. The van der Waals surface area contributed by atoms with Crippen LogP contribution in [-0.4, -0.2) is 52.1 Å². The number of pyridine rings is 1. The van der Waals surface area contributed by atoms with Gasteiger partial charge in [0.05, 0.1) is 11.1 Å². The van der Waals surface area contributed by atoms with Gasteiger partial charge in [0.1, 0.15) is 6.04 Å². The van der Waals surface area contributed by atoms with Crippen LogP contribution < -0.4 is 0 Å². The molecule has 3 rings (SSSR count). The van der Waals surface area contributed by atoms with Crippen LogP contribution in [0.15, 0.2) is 48.8 Å². The lowest BCUT2D eigenvalue weighted by atomic mass is 10.1. The molecule has 0 spiro atoms. The summed E-state index contributed by atoms with van der Waals surface area (Å²) in [4.78, 5) is 44.2. The lowest BCUT2D eigenvalue weighted by molar-refractivity contribution is -0.133. The van der Waals surface area contributed by atoms with Crippen molar-refractivity contribution in [2.24, 2.45) is 0 Å². The van der Waals surface area contributed by atoms with Crippen LogP contribution in [0.4, 0.5) is 0 Å². The predicted molar refractivity (Wildman–Crippen MR) is 92.0 cm³/mol. The van der Waals surface area contributed by atoms with Gasteiger partial charge in [-0.1, -0.05) is 12.1 Å². The molecule has 0 saturated heterocycles. The molecule has 2 aromatic rings. The highest BCUT2D eigenvalue weighted by Crippen LogP contribution is 2.24. The molecule has 2 heterocycles. The third kappa shape index (κ3) is 3.15. The number of rotatable bonds is 5. The molecule has 0 N–H and O–H groups in total. The number of amides is 3. The summed E-state index contributed by atoms with van der Waals surface area (Å²) in [5, 5.41) is 0. The average Bonchev–Trinajstić information content (AvgIpc) is 2.90. The fourth-order valence-corrected chi connectivity index (χ4v) is 2.95. The van der Waals surface area contributed by atoms with Gasteiger partial charge in [0.25, 0.3) is 11.8 Å². The number of fused-ring (bicyclic) bond motifs is 1. The second-order valence-corrected chi connectivity index (χ2v) is 6.07. The fourth-order valence-electron chi connectivity index (χ4n) is 2.95. The monoisotopic (exact) mass is 337 g/mol. The zero-order chi connectivity index (χ0) is 18.0. The maximum absolute atomic E-state index is 12.7. The second kappa shape index (κ2) is 6.84. The van der Waals surface area contributed by atoms with Gasteiger partial charge in [-0.05, 0) is 43.2 Å². The zero-order valence-electron chi connectivity index (χ0n) is 14.2. The highest BCUT2D eigenvalue weighted by atomic mass is 16.2. The maximum Gasteiger partial charge on any atom is 0.262 e. The number of imide groups is 1. The molecule has 0 saturated carbocycles. The van der Waals surface area contributed by atoms with E-state index >= 15 is 0 Å². The second-order valence-electron chi connectivity index (χ2n) is 6.07. The first kappa shape index (κ1) is 16.8. The van der Waals surface area contributed by atoms with Crippen LogP contribution in [0.3, 0.4) is 0 Å². The number of carbonyl (C=O) groups is 3. The number of hydrogen-bond donors (Lipinski definition) is 0. The summed E-state index contributed by atoms with van der Waals surface area (Å²) in [6.07, 6.45) is 4.09. The van der Waals surface area contributed by atoms with Gasteiger partial charge < -0.3 is 4.90 Å². The zero-order valence-corrected chi connectivity index (χ0v) is 14.2. The summed E-state index contributed by atoms with van der Waals surface area (Å²) >= 11 is 0. The van der Waals surface area contributed by atoms with Crippen LogP contribution in [0.5, 0.6) is 0 Å². The maximum atomic E-state index is 12.7. The van der Waals surface area contributed by atoms with Crippen LogP contribution >= 0.6 is 0 Å². The first-order valence-electron chi connectivity index (χ1n) is 8.11. The highest BCUT2D eigenvalue weighted by Gasteiger charge is 2.41. The van der Waals surface area contributed by atoms with Gasteiger partial charge in [0.15, 0.2) is 0 Å². The number of carbonyl (C=O) groups excluding carboxylic acids is 3.